The number of rotatable bonds is 2. The average Bonchev–Trinajstić information content (AvgIpc) is 2.26. The largest absolute Gasteiger partial charge is 0.393 e. The summed E-state index contributed by atoms with van der Waals surface area (Å²) in [6.45, 7) is 1.12. The molecule has 1 heterocycles. The summed E-state index contributed by atoms with van der Waals surface area (Å²) in [7, 11) is 1.59. The molecule has 1 aromatic heterocycles. The van der Waals surface area contributed by atoms with E-state index in [1.807, 2.05) is 0 Å². The van der Waals surface area contributed by atoms with Crippen molar-refractivity contribution in [3.05, 3.63) is 16.4 Å². The third-order valence-electron chi connectivity index (χ3n) is 1.65. The Hall–Kier alpha value is -0.610. The molecule has 0 saturated heterocycles. The van der Waals surface area contributed by atoms with E-state index < -0.39 is 12.8 Å². The number of aromatic nitrogens is 2. The lowest BCUT2D eigenvalue weighted by molar-refractivity contribution is 0.173. The molecule has 0 aromatic carbocycles. The predicted octanol–water partition coefficient (Wildman–Crippen LogP) is 1.38. The van der Waals surface area contributed by atoms with Gasteiger partial charge in [0.05, 0.1) is 23.0 Å². The van der Waals surface area contributed by atoms with Gasteiger partial charge in [-0.1, -0.05) is 11.6 Å². The van der Waals surface area contributed by atoms with Gasteiger partial charge >= 0.3 is 0 Å². The van der Waals surface area contributed by atoms with Crippen molar-refractivity contribution in [1.82, 2.24) is 9.78 Å². The maximum atomic E-state index is 13.0. The monoisotopic (exact) mass is 192 g/mol. The molecule has 0 aliphatic heterocycles. The summed E-state index contributed by atoms with van der Waals surface area (Å²) in [6.07, 6.45) is -1.45. The molecule has 1 aromatic rings. The maximum absolute atomic E-state index is 13.0. The summed E-state index contributed by atoms with van der Waals surface area (Å²) in [5, 5.41) is 12.8. The molecule has 0 fully saturated rings. The fourth-order valence-electron chi connectivity index (χ4n) is 1.08. The van der Waals surface area contributed by atoms with Crippen LogP contribution in [0.25, 0.3) is 0 Å². The number of nitrogens with zero attached hydrogens (tertiary/aromatic N) is 2. The third kappa shape index (κ3) is 1.44. The molecule has 1 atom stereocenters. The van der Waals surface area contributed by atoms with Gasteiger partial charge in [0.1, 0.15) is 0 Å². The minimum absolute atomic E-state index is 0.233. The zero-order valence-corrected chi connectivity index (χ0v) is 7.64. The zero-order chi connectivity index (χ0) is 9.30. The van der Waals surface area contributed by atoms with E-state index in [1.54, 1.807) is 14.0 Å². The fourth-order valence-corrected chi connectivity index (χ4v) is 1.36. The average molecular weight is 193 g/mol. The van der Waals surface area contributed by atoms with E-state index in [0.717, 1.165) is 0 Å². The lowest BCUT2D eigenvalue weighted by Gasteiger charge is -2.04. The second kappa shape index (κ2) is 3.41. The summed E-state index contributed by atoms with van der Waals surface area (Å²) in [5.74, 6) is 0. The van der Waals surface area contributed by atoms with Gasteiger partial charge in [0.2, 0.25) is 0 Å². The van der Waals surface area contributed by atoms with Crippen LogP contribution in [0.1, 0.15) is 17.6 Å². The van der Waals surface area contributed by atoms with Gasteiger partial charge in [0.15, 0.2) is 6.17 Å². The summed E-state index contributed by atoms with van der Waals surface area (Å²) in [6, 6.07) is 0. The quantitative estimate of drug-likeness (QED) is 0.769. The first-order chi connectivity index (χ1) is 5.57. The molecule has 3 nitrogen and oxygen atoms in total. The van der Waals surface area contributed by atoms with Crippen molar-refractivity contribution in [2.75, 3.05) is 6.61 Å². The van der Waals surface area contributed by atoms with Gasteiger partial charge in [0.25, 0.3) is 0 Å². The Bertz CT molecular complexity index is 287. The van der Waals surface area contributed by atoms with Crippen molar-refractivity contribution in [2.45, 2.75) is 13.1 Å². The van der Waals surface area contributed by atoms with Gasteiger partial charge in [-0.2, -0.15) is 5.10 Å². The summed E-state index contributed by atoms with van der Waals surface area (Å²) >= 11 is 5.75. The lowest BCUT2D eigenvalue weighted by atomic mass is 10.2. The fraction of sp³-hybridized carbons (Fsp3) is 0.571. The predicted molar refractivity (Wildman–Crippen MR) is 43.9 cm³/mol. The molecule has 1 unspecified atom stereocenters. The highest BCUT2D eigenvalue weighted by Crippen LogP contribution is 2.27. The molecule has 0 amide bonds. The summed E-state index contributed by atoms with van der Waals surface area (Å²) < 4.78 is 14.3. The first-order valence-corrected chi connectivity index (χ1v) is 3.89. The van der Waals surface area contributed by atoms with Crippen LogP contribution in [0.3, 0.4) is 0 Å². The van der Waals surface area contributed by atoms with Crippen molar-refractivity contribution >= 4 is 11.6 Å². The minimum Gasteiger partial charge on any atom is -0.393 e. The van der Waals surface area contributed by atoms with Gasteiger partial charge in [-0.05, 0) is 6.92 Å². The molecule has 0 radical (unpaired) electrons. The second-order valence-electron chi connectivity index (χ2n) is 2.56. The van der Waals surface area contributed by atoms with Crippen molar-refractivity contribution < 1.29 is 9.50 Å². The number of alkyl halides is 1. The maximum Gasteiger partial charge on any atom is 0.166 e. The lowest BCUT2D eigenvalue weighted by Crippen LogP contribution is -2.05. The Morgan fingerprint density at radius 2 is 2.33 bits per heavy atom. The van der Waals surface area contributed by atoms with Crippen molar-refractivity contribution in [3.63, 3.8) is 0 Å². The van der Waals surface area contributed by atoms with E-state index in [4.69, 9.17) is 16.7 Å². The van der Waals surface area contributed by atoms with E-state index in [1.165, 1.54) is 4.68 Å². The van der Waals surface area contributed by atoms with E-state index >= 15 is 0 Å². The normalized spacial score (nSPS) is 13.4. The van der Waals surface area contributed by atoms with Crippen LogP contribution in [-0.2, 0) is 7.05 Å². The van der Waals surface area contributed by atoms with Crippen LogP contribution < -0.4 is 0 Å². The Morgan fingerprint density at radius 3 is 2.67 bits per heavy atom. The van der Waals surface area contributed by atoms with Gasteiger partial charge in [-0.3, -0.25) is 4.68 Å². The van der Waals surface area contributed by atoms with Crippen LogP contribution in [0.2, 0.25) is 5.02 Å². The molecule has 1 rings (SSSR count). The Balaban J connectivity index is 3.13. The van der Waals surface area contributed by atoms with E-state index in [2.05, 4.69) is 5.10 Å². The topological polar surface area (TPSA) is 38.0 Å². The number of aryl methyl sites for hydroxylation is 2. The van der Waals surface area contributed by atoms with Gasteiger partial charge in [-0.15, -0.1) is 0 Å². The Kier molecular flexibility index (Phi) is 2.69. The Labute approximate surface area is 74.8 Å². The van der Waals surface area contributed by atoms with Gasteiger partial charge in [0, 0.05) is 7.05 Å². The molecule has 12 heavy (non-hydrogen) atoms. The van der Waals surface area contributed by atoms with E-state index in [9.17, 15) is 4.39 Å². The van der Waals surface area contributed by atoms with E-state index in [-0.39, 0.29) is 5.69 Å². The van der Waals surface area contributed by atoms with Crippen LogP contribution in [0.15, 0.2) is 0 Å². The van der Waals surface area contributed by atoms with E-state index in [0.29, 0.717) is 10.7 Å². The second-order valence-corrected chi connectivity index (χ2v) is 2.94. The number of hydrogen-bond donors (Lipinski definition) is 1. The highest BCUT2D eigenvalue weighted by molar-refractivity contribution is 6.31. The smallest absolute Gasteiger partial charge is 0.166 e. The van der Waals surface area contributed by atoms with Crippen molar-refractivity contribution in [1.29, 1.82) is 0 Å². The third-order valence-corrected chi connectivity index (χ3v) is 2.12. The first-order valence-electron chi connectivity index (χ1n) is 3.51. The molecule has 5 heteroatoms. The molecule has 0 saturated carbocycles. The molecule has 0 bridgehead atoms. The van der Waals surface area contributed by atoms with Crippen LogP contribution >= 0.6 is 11.6 Å². The number of aliphatic hydroxyl groups is 1. The molecule has 1 N–H and O–H groups in total. The minimum atomic E-state index is -1.45. The number of aliphatic hydroxyl groups excluding tert-OH is 1. The molecule has 0 aliphatic carbocycles. The summed E-state index contributed by atoms with van der Waals surface area (Å²) in [4.78, 5) is 0. The molecule has 0 spiro atoms. The standard InChI is InChI=1S/C7H10ClFN2O/c1-4-6(8)7(5(9)3-12)11(2)10-4/h5,12H,3H2,1-2H3. The van der Waals surface area contributed by atoms with Crippen LogP contribution in [0.4, 0.5) is 4.39 Å². The zero-order valence-electron chi connectivity index (χ0n) is 6.88. The summed E-state index contributed by atoms with van der Waals surface area (Å²) in [5.41, 5.74) is 0.807. The molecular formula is C7H10ClFN2O. The first kappa shape index (κ1) is 9.48. The van der Waals surface area contributed by atoms with Crippen LogP contribution in [-0.4, -0.2) is 21.5 Å². The van der Waals surface area contributed by atoms with Crippen LogP contribution in [0.5, 0.6) is 0 Å². The van der Waals surface area contributed by atoms with Crippen molar-refractivity contribution in [3.8, 4) is 0 Å². The van der Waals surface area contributed by atoms with Crippen molar-refractivity contribution in [2.24, 2.45) is 7.05 Å². The van der Waals surface area contributed by atoms with Crippen LogP contribution in [0, 0.1) is 6.92 Å². The highest BCUT2D eigenvalue weighted by atomic mass is 35.5. The Morgan fingerprint density at radius 1 is 1.75 bits per heavy atom. The SMILES string of the molecule is Cc1nn(C)c(C(F)CO)c1Cl. The molecule has 0 aliphatic rings. The molecule has 68 valence electrons. The van der Waals surface area contributed by atoms with Gasteiger partial charge in [-0.25, -0.2) is 4.39 Å². The highest BCUT2D eigenvalue weighted by Gasteiger charge is 2.19. The number of hydrogen-bond acceptors (Lipinski definition) is 2. The number of halogens is 2. The van der Waals surface area contributed by atoms with Gasteiger partial charge < -0.3 is 5.11 Å². The molecular weight excluding hydrogens is 183 g/mol.